The molecule has 20 heavy (non-hydrogen) atoms. The van der Waals surface area contributed by atoms with Gasteiger partial charge in [0.15, 0.2) is 0 Å². The van der Waals surface area contributed by atoms with E-state index in [2.05, 4.69) is 13.8 Å². The molecule has 1 aromatic rings. The normalized spacial score (nSPS) is 22.6. The fourth-order valence-electron chi connectivity index (χ4n) is 2.36. The summed E-state index contributed by atoms with van der Waals surface area (Å²) < 4.78 is 32.0. The van der Waals surface area contributed by atoms with Crippen molar-refractivity contribution in [3.63, 3.8) is 0 Å². The molecule has 0 aliphatic carbocycles. The third-order valence-corrected chi connectivity index (χ3v) is 5.78. The lowest BCUT2D eigenvalue weighted by Crippen LogP contribution is -2.44. The van der Waals surface area contributed by atoms with Crippen molar-refractivity contribution >= 4 is 10.0 Å². The van der Waals surface area contributed by atoms with Crippen molar-refractivity contribution in [3.05, 3.63) is 29.8 Å². The number of nitrogens with zero attached hydrogens (tertiary/aromatic N) is 1. The van der Waals surface area contributed by atoms with Gasteiger partial charge in [-0.25, -0.2) is 8.42 Å². The summed E-state index contributed by atoms with van der Waals surface area (Å²) in [4.78, 5) is 0.374. The number of hydrogen-bond acceptors (Lipinski definition) is 3. The fraction of sp³-hybridized carbons (Fsp3) is 0.600. The van der Waals surface area contributed by atoms with E-state index < -0.39 is 10.0 Å². The van der Waals surface area contributed by atoms with Gasteiger partial charge in [0.25, 0.3) is 0 Å². The van der Waals surface area contributed by atoms with Gasteiger partial charge >= 0.3 is 0 Å². The minimum absolute atomic E-state index is 0.0436. The number of benzene rings is 1. The highest BCUT2D eigenvalue weighted by Crippen LogP contribution is 2.23. The molecule has 0 radical (unpaired) electrons. The van der Waals surface area contributed by atoms with Gasteiger partial charge in [-0.3, -0.25) is 0 Å². The summed E-state index contributed by atoms with van der Waals surface area (Å²) >= 11 is 0. The predicted octanol–water partition coefficient (Wildman–Crippen LogP) is 2.61. The van der Waals surface area contributed by atoms with Crippen LogP contribution < -0.4 is 0 Å². The van der Waals surface area contributed by atoms with Gasteiger partial charge in [0, 0.05) is 13.1 Å². The van der Waals surface area contributed by atoms with Crippen LogP contribution in [0.25, 0.3) is 0 Å². The van der Waals surface area contributed by atoms with Gasteiger partial charge < -0.3 is 4.74 Å². The number of ether oxygens (including phenoxy) is 1. The molecule has 2 unspecified atom stereocenters. The van der Waals surface area contributed by atoms with E-state index in [1.807, 2.05) is 19.1 Å². The average Bonchev–Trinajstić information content (AvgIpc) is 2.46. The maximum absolute atomic E-state index is 12.6. The monoisotopic (exact) mass is 297 g/mol. The average molecular weight is 297 g/mol. The quantitative estimate of drug-likeness (QED) is 0.858. The first kappa shape index (κ1) is 15.5. The molecule has 0 saturated carbocycles. The summed E-state index contributed by atoms with van der Waals surface area (Å²) in [5, 5.41) is 0. The van der Waals surface area contributed by atoms with Crippen molar-refractivity contribution in [2.75, 3.05) is 19.7 Å². The van der Waals surface area contributed by atoms with Crippen LogP contribution in [0.4, 0.5) is 0 Å². The minimum Gasteiger partial charge on any atom is -0.376 e. The van der Waals surface area contributed by atoms with Gasteiger partial charge in [-0.1, -0.05) is 26.0 Å². The van der Waals surface area contributed by atoms with Crippen LogP contribution in [0.3, 0.4) is 0 Å². The zero-order valence-corrected chi connectivity index (χ0v) is 13.2. The van der Waals surface area contributed by atoms with Gasteiger partial charge in [0.1, 0.15) is 0 Å². The molecule has 0 spiro atoms. The Labute approximate surface area is 121 Å². The molecule has 0 bridgehead atoms. The van der Waals surface area contributed by atoms with Crippen LogP contribution in [0.15, 0.2) is 29.2 Å². The second-order valence-electron chi connectivity index (χ2n) is 5.42. The highest BCUT2D eigenvalue weighted by atomic mass is 32.2. The molecule has 5 heteroatoms. The second kappa shape index (κ2) is 6.24. The number of morpholine rings is 1. The third-order valence-electron chi connectivity index (χ3n) is 3.90. The molecular weight excluding hydrogens is 274 g/mol. The highest BCUT2D eigenvalue weighted by Gasteiger charge is 2.28. The van der Waals surface area contributed by atoms with E-state index in [4.69, 9.17) is 4.74 Å². The first-order valence-corrected chi connectivity index (χ1v) is 8.61. The molecule has 2 atom stereocenters. The van der Waals surface area contributed by atoms with Crippen LogP contribution in [-0.2, 0) is 14.8 Å². The van der Waals surface area contributed by atoms with E-state index in [0.717, 1.165) is 6.42 Å². The molecule has 2 rings (SSSR count). The molecule has 0 aromatic heterocycles. The van der Waals surface area contributed by atoms with Crippen molar-refractivity contribution in [2.45, 2.75) is 44.1 Å². The number of rotatable bonds is 4. The molecule has 4 nitrogen and oxygen atoms in total. The Morgan fingerprint density at radius 2 is 2.00 bits per heavy atom. The summed E-state index contributed by atoms with van der Waals surface area (Å²) in [5.41, 5.74) is 1.18. The van der Waals surface area contributed by atoms with Crippen LogP contribution >= 0.6 is 0 Å². The van der Waals surface area contributed by atoms with Crippen molar-refractivity contribution in [3.8, 4) is 0 Å². The molecule has 0 amide bonds. The van der Waals surface area contributed by atoms with Gasteiger partial charge in [-0.15, -0.1) is 0 Å². The van der Waals surface area contributed by atoms with Crippen LogP contribution in [-0.4, -0.2) is 38.5 Å². The summed E-state index contributed by atoms with van der Waals surface area (Å²) in [5.74, 6) is 0.454. The second-order valence-corrected chi connectivity index (χ2v) is 7.36. The van der Waals surface area contributed by atoms with Gasteiger partial charge in [-0.2, -0.15) is 4.31 Å². The first-order chi connectivity index (χ1) is 9.45. The molecule has 112 valence electrons. The molecule has 1 fully saturated rings. The smallest absolute Gasteiger partial charge is 0.243 e. The van der Waals surface area contributed by atoms with E-state index in [9.17, 15) is 8.42 Å². The number of sulfonamides is 1. The number of hydrogen-bond donors (Lipinski definition) is 0. The van der Waals surface area contributed by atoms with Crippen LogP contribution in [0.5, 0.6) is 0 Å². The molecule has 1 aliphatic heterocycles. The Morgan fingerprint density at radius 3 is 2.55 bits per heavy atom. The van der Waals surface area contributed by atoms with Gasteiger partial charge in [-0.05, 0) is 37.0 Å². The molecule has 1 saturated heterocycles. The molecule has 0 N–H and O–H groups in total. The van der Waals surface area contributed by atoms with E-state index in [1.165, 1.54) is 9.87 Å². The molecule has 1 heterocycles. The van der Waals surface area contributed by atoms with Gasteiger partial charge in [0.05, 0.1) is 17.6 Å². The van der Waals surface area contributed by atoms with E-state index in [-0.39, 0.29) is 6.10 Å². The van der Waals surface area contributed by atoms with E-state index in [0.29, 0.717) is 30.5 Å². The third kappa shape index (κ3) is 3.22. The van der Waals surface area contributed by atoms with Crippen molar-refractivity contribution in [1.29, 1.82) is 0 Å². The Bertz CT molecular complexity index is 539. The summed E-state index contributed by atoms with van der Waals surface area (Å²) in [6, 6.07) is 7.28. The predicted molar refractivity (Wildman–Crippen MR) is 79.3 cm³/mol. The Kier molecular flexibility index (Phi) is 4.83. The maximum atomic E-state index is 12.6. The Morgan fingerprint density at radius 1 is 1.35 bits per heavy atom. The summed E-state index contributed by atoms with van der Waals surface area (Å²) in [6.45, 7) is 7.49. The van der Waals surface area contributed by atoms with Crippen LogP contribution in [0, 0.1) is 0 Å². The lowest BCUT2D eigenvalue weighted by atomic mass is 9.99. The molecule has 1 aromatic carbocycles. The SMILES string of the molecule is CCC(C)c1ccc(S(=O)(=O)N2CCOC(C)C2)cc1. The van der Waals surface area contributed by atoms with E-state index >= 15 is 0 Å². The molecular formula is C15H23NO3S. The topological polar surface area (TPSA) is 46.6 Å². The standard InChI is InChI=1S/C15H23NO3S/c1-4-12(2)14-5-7-15(8-6-14)20(17,18)16-9-10-19-13(3)11-16/h5-8,12-13H,4,9-11H2,1-3H3. The Balaban J connectivity index is 2.21. The Hall–Kier alpha value is -0.910. The van der Waals surface area contributed by atoms with Crippen molar-refractivity contribution in [2.24, 2.45) is 0 Å². The van der Waals surface area contributed by atoms with Gasteiger partial charge in [0.2, 0.25) is 10.0 Å². The molecule has 1 aliphatic rings. The summed E-state index contributed by atoms with van der Waals surface area (Å²) in [6.07, 6.45) is 1.01. The summed E-state index contributed by atoms with van der Waals surface area (Å²) in [7, 11) is -3.39. The lowest BCUT2D eigenvalue weighted by Gasteiger charge is -2.30. The van der Waals surface area contributed by atoms with E-state index in [1.54, 1.807) is 12.1 Å². The lowest BCUT2D eigenvalue weighted by molar-refractivity contribution is 0.0102. The highest BCUT2D eigenvalue weighted by molar-refractivity contribution is 7.89. The fourth-order valence-corrected chi connectivity index (χ4v) is 3.86. The largest absolute Gasteiger partial charge is 0.376 e. The minimum atomic E-state index is -3.39. The first-order valence-electron chi connectivity index (χ1n) is 7.17. The van der Waals surface area contributed by atoms with Crippen molar-refractivity contribution < 1.29 is 13.2 Å². The van der Waals surface area contributed by atoms with Crippen LogP contribution in [0.2, 0.25) is 0 Å². The zero-order chi connectivity index (χ0) is 14.8. The maximum Gasteiger partial charge on any atom is 0.243 e. The van der Waals surface area contributed by atoms with Crippen molar-refractivity contribution in [1.82, 2.24) is 4.31 Å². The van der Waals surface area contributed by atoms with Crippen LogP contribution in [0.1, 0.15) is 38.7 Å². The zero-order valence-electron chi connectivity index (χ0n) is 12.4.